The quantitative estimate of drug-likeness (QED) is 0.690. The normalized spacial score (nSPS) is 19.6. The molecule has 1 aromatic rings. The predicted molar refractivity (Wildman–Crippen MR) is 45.1 cm³/mol. The van der Waals surface area contributed by atoms with E-state index in [0.29, 0.717) is 0 Å². The molecule has 3 nitrogen and oxygen atoms in total. The first-order chi connectivity index (χ1) is 6.58. The molecule has 0 saturated heterocycles. The molecule has 0 bridgehead atoms. The number of fused-ring (bicyclic) bond motifs is 1. The van der Waals surface area contributed by atoms with Crippen LogP contribution in [0.3, 0.4) is 0 Å². The zero-order chi connectivity index (χ0) is 10.3. The van der Waals surface area contributed by atoms with E-state index in [1.165, 1.54) is 6.92 Å². The number of hydrogen-bond acceptors (Lipinski definition) is 2. The van der Waals surface area contributed by atoms with Crippen molar-refractivity contribution in [2.75, 3.05) is 5.32 Å². The summed E-state index contributed by atoms with van der Waals surface area (Å²) in [5.41, 5.74) is 0.159. The zero-order valence-electron chi connectivity index (χ0n) is 7.30. The van der Waals surface area contributed by atoms with E-state index in [1.54, 1.807) is 0 Å². The van der Waals surface area contributed by atoms with Gasteiger partial charge in [0.15, 0.2) is 17.7 Å². The van der Waals surface area contributed by atoms with Crippen LogP contribution in [0.25, 0.3) is 0 Å². The fourth-order valence-corrected chi connectivity index (χ4v) is 1.20. The number of carbonyl (C=O) groups excluding carboxylic acids is 1. The summed E-state index contributed by atoms with van der Waals surface area (Å²) in [5.74, 6) is -2.23. The van der Waals surface area contributed by atoms with Gasteiger partial charge in [-0.1, -0.05) is 0 Å². The molecule has 1 unspecified atom stereocenters. The van der Waals surface area contributed by atoms with Gasteiger partial charge in [-0.2, -0.15) is 0 Å². The molecule has 0 radical (unpaired) electrons. The number of ether oxygens (including phenoxy) is 1. The van der Waals surface area contributed by atoms with Crippen LogP contribution in [0.5, 0.6) is 5.75 Å². The van der Waals surface area contributed by atoms with Crippen LogP contribution in [-0.2, 0) is 4.79 Å². The maximum Gasteiger partial charge on any atom is 0.265 e. The molecule has 5 heteroatoms. The number of nitrogens with one attached hydrogen (secondary N) is 1. The maximum absolute atomic E-state index is 12.8. The van der Waals surface area contributed by atoms with Gasteiger partial charge in [0.1, 0.15) is 5.75 Å². The number of benzene rings is 1. The SMILES string of the molecule is CC1Oc2cc(F)c(F)cc2NC1=O. The molecule has 0 aliphatic carbocycles. The molecule has 0 spiro atoms. The van der Waals surface area contributed by atoms with Crippen molar-refractivity contribution in [2.24, 2.45) is 0 Å². The largest absolute Gasteiger partial charge is 0.479 e. The molecule has 1 aliphatic heterocycles. The predicted octanol–water partition coefficient (Wildman–Crippen LogP) is 1.68. The van der Waals surface area contributed by atoms with E-state index >= 15 is 0 Å². The molecule has 14 heavy (non-hydrogen) atoms. The first kappa shape index (κ1) is 8.93. The number of anilines is 1. The van der Waals surface area contributed by atoms with Gasteiger partial charge in [0.25, 0.3) is 5.91 Å². The minimum absolute atomic E-state index is 0.149. The Kier molecular flexibility index (Phi) is 1.87. The number of halogens is 2. The smallest absolute Gasteiger partial charge is 0.265 e. The topological polar surface area (TPSA) is 38.3 Å². The lowest BCUT2D eigenvalue weighted by atomic mass is 10.2. The van der Waals surface area contributed by atoms with Gasteiger partial charge in [-0.15, -0.1) is 0 Å². The zero-order valence-corrected chi connectivity index (χ0v) is 7.30. The van der Waals surface area contributed by atoms with Crippen LogP contribution in [0.2, 0.25) is 0 Å². The molecule has 2 rings (SSSR count). The van der Waals surface area contributed by atoms with E-state index in [-0.39, 0.29) is 17.3 Å². The summed E-state index contributed by atoms with van der Waals surface area (Å²) >= 11 is 0. The van der Waals surface area contributed by atoms with E-state index < -0.39 is 17.7 Å². The molecule has 1 aromatic carbocycles. The molecular weight excluding hydrogens is 192 g/mol. The second-order valence-corrected chi connectivity index (χ2v) is 3.01. The summed E-state index contributed by atoms with van der Waals surface area (Å²) in [6.07, 6.45) is -0.688. The lowest BCUT2D eigenvalue weighted by Crippen LogP contribution is -2.34. The summed E-state index contributed by atoms with van der Waals surface area (Å²) in [6.45, 7) is 1.53. The highest BCUT2D eigenvalue weighted by molar-refractivity contribution is 5.97. The van der Waals surface area contributed by atoms with Gasteiger partial charge in [0, 0.05) is 12.1 Å². The monoisotopic (exact) mass is 199 g/mol. The lowest BCUT2D eigenvalue weighted by Gasteiger charge is -2.23. The van der Waals surface area contributed by atoms with Crippen LogP contribution in [0.4, 0.5) is 14.5 Å². The third kappa shape index (κ3) is 1.30. The average molecular weight is 199 g/mol. The van der Waals surface area contributed by atoms with E-state index in [4.69, 9.17) is 4.74 Å². The number of carbonyl (C=O) groups is 1. The van der Waals surface area contributed by atoms with Crippen LogP contribution < -0.4 is 10.1 Å². The molecule has 0 saturated carbocycles. The van der Waals surface area contributed by atoms with Crippen molar-refractivity contribution in [1.82, 2.24) is 0 Å². The van der Waals surface area contributed by atoms with Crippen molar-refractivity contribution in [3.8, 4) is 5.75 Å². The first-order valence-corrected chi connectivity index (χ1v) is 4.04. The van der Waals surface area contributed by atoms with Crippen molar-refractivity contribution in [3.63, 3.8) is 0 Å². The minimum Gasteiger partial charge on any atom is -0.479 e. The van der Waals surface area contributed by atoms with E-state index in [9.17, 15) is 13.6 Å². The Bertz CT molecular complexity index is 406. The summed E-state index contributed by atoms with van der Waals surface area (Å²) in [4.78, 5) is 11.1. The van der Waals surface area contributed by atoms with Gasteiger partial charge in [-0.05, 0) is 6.92 Å². The molecular formula is C9H7F2NO2. The highest BCUT2D eigenvalue weighted by Gasteiger charge is 2.24. The molecule has 1 atom stereocenters. The van der Waals surface area contributed by atoms with E-state index in [1.807, 2.05) is 0 Å². The highest BCUT2D eigenvalue weighted by atomic mass is 19.2. The summed E-state index contributed by atoms with van der Waals surface area (Å²) in [6, 6.07) is 1.81. The number of amides is 1. The molecule has 0 fully saturated rings. The fraction of sp³-hybridized carbons (Fsp3) is 0.222. The standard InChI is InChI=1S/C9H7F2NO2/c1-4-9(13)12-7-2-5(10)6(11)3-8(7)14-4/h2-4H,1H3,(H,12,13). The van der Waals surface area contributed by atoms with Gasteiger partial charge >= 0.3 is 0 Å². The molecule has 1 aliphatic rings. The second-order valence-electron chi connectivity index (χ2n) is 3.01. The Labute approximate surface area is 78.7 Å². The third-order valence-electron chi connectivity index (χ3n) is 1.95. The molecule has 1 N–H and O–H groups in total. The summed E-state index contributed by atoms with van der Waals surface area (Å²) in [5, 5.41) is 2.41. The van der Waals surface area contributed by atoms with Gasteiger partial charge < -0.3 is 10.1 Å². The Balaban J connectivity index is 2.47. The molecule has 1 heterocycles. The molecule has 0 aromatic heterocycles. The molecule has 1 amide bonds. The van der Waals surface area contributed by atoms with Crippen molar-refractivity contribution < 1.29 is 18.3 Å². The maximum atomic E-state index is 12.8. The van der Waals surface area contributed by atoms with Gasteiger partial charge in [0.05, 0.1) is 5.69 Å². The molecule has 74 valence electrons. The van der Waals surface area contributed by atoms with Crippen molar-refractivity contribution in [3.05, 3.63) is 23.8 Å². The fourth-order valence-electron chi connectivity index (χ4n) is 1.20. The van der Waals surface area contributed by atoms with Gasteiger partial charge in [-0.3, -0.25) is 4.79 Å². The lowest BCUT2D eigenvalue weighted by molar-refractivity contribution is -0.122. The first-order valence-electron chi connectivity index (χ1n) is 4.04. The van der Waals surface area contributed by atoms with Crippen LogP contribution >= 0.6 is 0 Å². The summed E-state index contributed by atoms with van der Waals surface area (Å²) in [7, 11) is 0. The van der Waals surface area contributed by atoms with Gasteiger partial charge in [0.2, 0.25) is 0 Å². The van der Waals surface area contributed by atoms with Crippen LogP contribution in [0, 0.1) is 11.6 Å². The Morgan fingerprint density at radius 3 is 2.71 bits per heavy atom. The van der Waals surface area contributed by atoms with E-state index in [0.717, 1.165) is 12.1 Å². The third-order valence-corrected chi connectivity index (χ3v) is 1.95. The number of hydrogen-bond donors (Lipinski definition) is 1. The number of rotatable bonds is 0. The summed E-state index contributed by atoms with van der Waals surface area (Å²) < 4.78 is 30.6. The Hall–Kier alpha value is -1.65. The Morgan fingerprint density at radius 2 is 2.00 bits per heavy atom. The minimum atomic E-state index is -1.01. The Morgan fingerprint density at radius 1 is 1.36 bits per heavy atom. The average Bonchev–Trinajstić information content (AvgIpc) is 2.11. The van der Waals surface area contributed by atoms with Crippen molar-refractivity contribution >= 4 is 11.6 Å². The van der Waals surface area contributed by atoms with Crippen LogP contribution in [0.1, 0.15) is 6.92 Å². The highest BCUT2D eigenvalue weighted by Crippen LogP contribution is 2.31. The van der Waals surface area contributed by atoms with Gasteiger partial charge in [-0.25, -0.2) is 8.78 Å². The second kappa shape index (κ2) is 2.94. The van der Waals surface area contributed by atoms with Crippen molar-refractivity contribution in [1.29, 1.82) is 0 Å². The van der Waals surface area contributed by atoms with E-state index in [2.05, 4.69) is 5.32 Å². The van der Waals surface area contributed by atoms with Crippen molar-refractivity contribution in [2.45, 2.75) is 13.0 Å². The van der Waals surface area contributed by atoms with Crippen LogP contribution in [-0.4, -0.2) is 12.0 Å². The van der Waals surface area contributed by atoms with Crippen LogP contribution in [0.15, 0.2) is 12.1 Å².